The van der Waals surface area contributed by atoms with Gasteiger partial charge >= 0.3 is 0 Å². The Kier molecular flexibility index (Phi) is 5.71. The molecule has 130 valence electrons. The summed E-state index contributed by atoms with van der Waals surface area (Å²) in [4.78, 5) is 0. The zero-order chi connectivity index (χ0) is 17.6. The molecule has 1 atom stereocenters. The van der Waals surface area contributed by atoms with E-state index >= 15 is 0 Å². The fourth-order valence-electron chi connectivity index (χ4n) is 2.49. The topological polar surface area (TPSA) is 48.2 Å². The van der Waals surface area contributed by atoms with E-state index in [1.54, 1.807) is 6.07 Å². The number of aromatic nitrogens is 2. The van der Waals surface area contributed by atoms with Crippen LogP contribution in [-0.4, -0.2) is 17.3 Å². The molecule has 0 N–H and O–H groups in total. The maximum atomic E-state index is 13.7. The Morgan fingerprint density at radius 1 is 1.16 bits per heavy atom. The zero-order valence-corrected chi connectivity index (χ0v) is 14.9. The highest BCUT2D eigenvalue weighted by Gasteiger charge is 2.13. The van der Waals surface area contributed by atoms with Crippen LogP contribution in [0.25, 0.3) is 0 Å². The Morgan fingerprint density at radius 2 is 1.96 bits per heavy atom. The molecule has 3 rings (SSSR count). The van der Waals surface area contributed by atoms with Gasteiger partial charge in [-0.05, 0) is 29.2 Å². The van der Waals surface area contributed by atoms with Gasteiger partial charge in [-0.2, -0.15) is 0 Å². The van der Waals surface area contributed by atoms with E-state index in [2.05, 4.69) is 29.3 Å². The van der Waals surface area contributed by atoms with E-state index in [0.717, 1.165) is 5.56 Å². The standard InChI is InChI=1S/C19H19FN2O2S/c1-13(15-6-4-3-5-7-15)10-18-21-22-19(24-18)25-12-14-8-9-17(23-2)16(20)11-14/h3-9,11,13H,10,12H2,1-2H3. The van der Waals surface area contributed by atoms with Crippen LogP contribution in [-0.2, 0) is 12.2 Å². The van der Waals surface area contributed by atoms with Crippen LogP contribution in [0.4, 0.5) is 4.39 Å². The van der Waals surface area contributed by atoms with Gasteiger partial charge in [0.25, 0.3) is 5.22 Å². The summed E-state index contributed by atoms with van der Waals surface area (Å²) < 4.78 is 24.3. The second-order valence-corrected chi connectivity index (χ2v) is 6.66. The zero-order valence-electron chi connectivity index (χ0n) is 14.1. The van der Waals surface area contributed by atoms with E-state index in [-0.39, 0.29) is 11.6 Å². The summed E-state index contributed by atoms with van der Waals surface area (Å²) in [5.74, 6) is 1.33. The third-order valence-electron chi connectivity index (χ3n) is 3.88. The van der Waals surface area contributed by atoms with Crippen molar-refractivity contribution >= 4 is 11.8 Å². The van der Waals surface area contributed by atoms with E-state index in [9.17, 15) is 4.39 Å². The molecule has 0 spiro atoms. The highest BCUT2D eigenvalue weighted by molar-refractivity contribution is 7.98. The summed E-state index contributed by atoms with van der Waals surface area (Å²) in [6.45, 7) is 2.13. The third kappa shape index (κ3) is 4.60. The first-order valence-electron chi connectivity index (χ1n) is 7.98. The number of rotatable bonds is 7. The molecule has 0 saturated heterocycles. The van der Waals surface area contributed by atoms with Crippen molar-refractivity contribution in [3.8, 4) is 5.75 Å². The van der Waals surface area contributed by atoms with E-state index in [4.69, 9.17) is 9.15 Å². The summed E-state index contributed by atoms with van der Waals surface area (Å²) in [6, 6.07) is 15.1. The molecule has 1 aromatic heterocycles. The largest absolute Gasteiger partial charge is 0.494 e. The van der Waals surface area contributed by atoms with Gasteiger partial charge < -0.3 is 9.15 Å². The van der Waals surface area contributed by atoms with Gasteiger partial charge in [-0.15, -0.1) is 10.2 Å². The normalized spacial score (nSPS) is 12.1. The van der Waals surface area contributed by atoms with Crippen molar-refractivity contribution in [3.05, 3.63) is 71.4 Å². The molecule has 2 aromatic carbocycles. The van der Waals surface area contributed by atoms with Gasteiger partial charge in [0.15, 0.2) is 11.6 Å². The van der Waals surface area contributed by atoms with Crippen LogP contribution >= 0.6 is 11.8 Å². The van der Waals surface area contributed by atoms with E-state index in [0.29, 0.717) is 29.2 Å². The molecule has 4 nitrogen and oxygen atoms in total. The highest BCUT2D eigenvalue weighted by Crippen LogP contribution is 2.26. The fourth-order valence-corrected chi connectivity index (χ4v) is 3.21. The van der Waals surface area contributed by atoms with E-state index < -0.39 is 0 Å². The number of hydrogen-bond acceptors (Lipinski definition) is 5. The molecule has 6 heteroatoms. The molecule has 1 unspecified atom stereocenters. The minimum atomic E-state index is -0.372. The van der Waals surface area contributed by atoms with Crippen molar-refractivity contribution < 1.29 is 13.5 Å². The summed E-state index contributed by atoms with van der Waals surface area (Å²) in [7, 11) is 1.45. The van der Waals surface area contributed by atoms with Crippen molar-refractivity contribution in [2.24, 2.45) is 0 Å². The lowest BCUT2D eigenvalue weighted by molar-refractivity contribution is 0.386. The van der Waals surface area contributed by atoms with Crippen LogP contribution in [0.3, 0.4) is 0 Å². The number of halogens is 1. The van der Waals surface area contributed by atoms with Crippen molar-refractivity contribution in [2.45, 2.75) is 30.2 Å². The quantitative estimate of drug-likeness (QED) is 0.565. The molecule has 0 aliphatic rings. The maximum absolute atomic E-state index is 13.7. The molecule has 0 amide bonds. The molecule has 0 aliphatic carbocycles. The third-order valence-corrected chi connectivity index (χ3v) is 4.77. The first-order valence-corrected chi connectivity index (χ1v) is 8.97. The van der Waals surface area contributed by atoms with E-state index in [1.807, 2.05) is 24.3 Å². The fraction of sp³-hybridized carbons (Fsp3) is 0.263. The number of ether oxygens (including phenoxy) is 1. The minimum Gasteiger partial charge on any atom is -0.494 e. The van der Waals surface area contributed by atoms with E-state index in [1.165, 1.54) is 30.5 Å². The number of benzene rings is 2. The van der Waals surface area contributed by atoms with Crippen molar-refractivity contribution in [1.82, 2.24) is 10.2 Å². The second-order valence-electron chi connectivity index (χ2n) is 5.74. The monoisotopic (exact) mass is 358 g/mol. The lowest BCUT2D eigenvalue weighted by Gasteiger charge is -2.08. The van der Waals surface area contributed by atoms with Crippen LogP contribution in [0.2, 0.25) is 0 Å². The van der Waals surface area contributed by atoms with Gasteiger partial charge in [0, 0.05) is 12.2 Å². The van der Waals surface area contributed by atoms with Gasteiger partial charge in [-0.3, -0.25) is 0 Å². The average molecular weight is 358 g/mol. The highest BCUT2D eigenvalue weighted by atomic mass is 32.2. The van der Waals surface area contributed by atoms with Gasteiger partial charge in [0.2, 0.25) is 5.89 Å². The Labute approximate surface area is 150 Å². The number of nitrogens with zero attached hydrogens (tertiary/aromatic N) is 2. The molecule has 3 aromatic rings. The summed E-state index contributed by atoms with van der Waals surface area (Å²) in [6.07, 6.45) is 0.689. The first kappa shape index (κ1) is 17.5. The van der Waals surface area contributed by atoms with Crippen LogP contribution in [0.1, 0.15) is 29.9 Å². The van der Waals surface area contributed by atoms with Crippen LogP contribution in [0, 0.1) is 5.82 Å². The number of hydrogen-bond donors (Lipinski definition) is 0. The van der Waals surface area contributed by atoms with Crippen molar-refractivity contribution in [3.63, 3.8) is 0 Å². The van der Waals surface area contributed by atoms with Gasteiger partial charge in [-0.1, -0.05) is 55.1 Å². The molecule has 0 radical (unpaired) electrons. The second kappa shape index (κ2) is 8.16. The van der Waals surface area contributed by atoms with Crippen molar-refractivity contribution in [2.75, 3.05) is 7.11 Å². The molecule has 0 saturated carbocycles. The van der Waals surface area contributed by atoms with Gasteiger partial charge in [0.1, 0.15) is 0 Å². The lowest BCUT2D eigenvalue weighted by atomic mass is 9.98. The molecule has 0 fully saturated rings. The molecule has 0 aliphatic heterocycles. The molecule has 25 heavy (non-hydrogen) atoms. The van der Waals surface area contributed by atoms with Crippen molar-refractivity contribution in [1.29, 1.82) is 0 Å². The molecular formula is C19H19FN2O2S. The predicted octanol–water partition coefficient (Wildman–Crippen LogP) is 4.86. The average Bonchev–Trinajstić information content (AvgIpc) is 3.08. The van der Waals surface area contributed by atoms with Gasteiger partial charge in [-0.25, -0.2) is 4.39 Å². The van der Waals surface area contributed by atoms with Gasteiger partial charge in [0.05, 0.1) is 7.11 Å². The molecule has 0 bridgehead atoms. The first-order chi connectivity index (χ1) is 12.2. The Morgan fingerprint density at radius 3 is 2.68 bits per heavy atom. The van der Waals surface area contributed by atoms with Crippen LogP contribution in [0.5, 0.6) is 5.75 Å². The molecular weight excluding hydrogens is 339 g/mol. The summed E-state index contributed by atoms with van der Waals surface area (Å²) in [5.41, 5.74) is 2.07. The number of thioether (sulfide) groups is 1. The SMILES string of the molecule is COc1ccc(CSc2nnc(CC(C)c3ccccc3)o2)cc1F. The van der Waals surface area contributed by atoms with Crippen LogP contribution < -0.4 is 4.74 Å². The minimum absolute atomic E-state index is 0.240. The number of methoxy groups -OCH3 is 1. The Bertz CT molecular complexity index is 823. The summed E-state index contributed by atoms with van der Waals surface area (Å²) in [5, 5.41) is 8.66. The predicted molar refractivity (Wildman–Crippen MR) is 95.4 cm³/mol. The molecule has 1 heterocycles. The Hall–Kier alpha value is -2.34. The smallest absolute Gasteiger partial charge is 0.276 e. The lowest BCUT2D eigenvalue weighted by Crippen LogP contribution is -1.98. The van der Waals surface area contributed by atoms with Crippen LogP contribution in [0.15, 0.2) is 58.2 Å². The maximum Gasteiger partial charge on any atom is 0.276 e. The Balaban J connectivity index is 1.57. The summed E-state index contributed by atoms with van der Waals surface area (Å²) >= 11 is 1.39.